The average Bonchev–Trinajstić information content (AvgIpc) is 2.54. The molecule has 0 spiro atoms. The molecule has 1 saturated heterocycles. The summed E-state index contributed by atoms with van der Waals surface area (Å²) in [5.41, 5.74) is 1.98. The molecule has 3 rings (SSSR count). The Morgan fingerprint density at radius 3 is 2.50 bits per heavy atom. The molecule has 2 aromatic rings. The summed E-state index contributed by atoms with van der Waals surface area (Å²) in [5.74, 6) is 2.11. The van der Waals surface area contributed by atoms with E-state index in [4.69, 9.17) is 0 Å². The number of anilines is 2. The molecule has 3 heterocycles. The molecule has 7 heteroatoms. The summed E-state index contributed by atoms with van der Waals surface area (Å²) in [4.78, 5) is 22.2. The highest BCUT2D eigenvalue weighted by molar-refractivity contribution is 5.43. The van der Waals surface area contributed by atoms with Crippen LogP contribution in [-0.4, -0.2) is 50.7 Å². The lowest BCUT2D eigenvalue weighted by molar-refractivity contribution is 0.189. The van der Waals surface area contributed by atoms with Crippen LogP contribution in [0.2, 0.25) is 0 Å². The van der Waals surface area contributed by atoms with Gasteiger partial charge in [-0.2, -0.15) is 0 Å². The molecule has 1 fully saturated rings. The first-order valence-electron chi connectivity index (χ1n) is 8.29. The Hall–Kier alpha value is -2.28. The number of aliphatic hydroxyl groups is 1. The second kappa shape index (κ2) is 6.68. The highest BCUT2D eigenvalue weighted by Crippen LogP contribution is 2.21. The first-order valence-corrected chi connectivity index (χ1v) is 8.29. The molecule has 1 aliphatic rings. The van der Waals surface area contributed by atoms with Gasteiger partial charge in [-0.05, 0) is 39.8 Å². The Morgan fingerprint density at radius 2 is 1.88 bits per heavy atom. The maximum absolute atomic E-state index is 9.67. The molecule has 0 aliphatic carbocycles. The van der Waals surface area contributed by atoms with E-state index in [0.29, 0.717) is 5.82 Å². The van der Waals surface area contributed by atoms with Crippen molar-refractivity contribution >= 4 is 11.8 Å². The van der Waals surface area contributed by atoms with Crippen LogP contribution in [0.15, 0.2) is 18.3 Å². The number of hydrogen-bond acceptors (Lipinski definition) is 7. The number of rotatable bonds is 3. The minimum absolute atomic E-state index is 0.268. The second-order valence-electron chi connectivity index (χ2n) is 6.39. The molecule has 0 aromatic carbocycles. The van der Waals surface area contributed by atoms with E-state index in [-0.39, 0.29) is 6.04 Å². The first-order chi connectivity index (χ1) is 11.4. The second-order valence-corrected chi connectivity index (χ2v) is 6.39. The van der Waals surface area contributed by atoms with Gasteiger partial charge in [-0.3, -0.25) is 0 Å². The smallest absolute Gasteiger partial charge is 0.226 e. The van der Waals surface area contributed by atoms with Crippen molar-refractivity contribution < 1.29 is 5.11 Å². The van der Waals surface area contributed by atoms with E-state index < -0.39 is 6.10 Å². The lowest BCUT2D eigenvalue weighted by Gasteiger charge is -2.40. The zero-order chi connectivity index (χ0) is 17.3. The SMILES string of the molecule is Cc1cc(C)nc(N2CCN(c3ccnc([C@@H](C)O)n3)C[C@@H]2C)n1. The van der Waals surface area contributed by atoms with Gasteiger partial charge in [-0.25, -0.2) is 19.9 Å². The van der Waals surface area contributed by atoms with E-state index in [1.165, 1.54) is 0 Å². The van der Waals surface area contributed by atoms with Crippen molar-refractivity contribution in [1.29, 1.82) is 0 Å². The average molecular weight is 328 g/mol. The summed E-state index contributed by atoms with van der Waals surface area (Å²) in [5, 5.41) is 9.67. The van der Waals surface area contributed by atoms with Crippen molar-refractivity contribution in [3.63, 3.8) is 0 Å². The van der Waals surface area contributed by atoms with Gasteiger partial charge < -0.3 is 14.9 Å². The summed E-state index contributed by atoms with van der Waals surface area (Å²) < 4.78 is 0. The molecule has 0 bridgehead atoms. The maximum atomic E-state index is 9.67. The van der Waals surface area contributed by atoms with Crippen LogP contribution in [0.1, 0.15) is 37.2 Å². The van der Waals surface area contributed by atoms with Crippen molar-refractivity contribution in [3.05, 3.63) is 35.5 Å². The van der Waals surface area contributed by atoms with Gasteiger partial charge in [0.1, 0.15) is 11.9 Å². The van der Waals surface area contributed by atoms with E-state index in [0.717, 1.165) is 42.8 Å². The molecule has 1 aliphatic heterocycles. The van der Waals surface area contributed by atoms with E-state index in [1.54, 1.807) is 13.1 Å². The van der Waals surface area contributed by atoms with Gasteiger partial charge in [0.25, 0.3) is 0 Å². The lowest BCUT2D eigenvalue weighted by Crippen LogP contribution is -2.53. The topological polar surface area (TPSA) is 78.3 Å². The van der Waals surface area contributed by atoms with Gasteiger partial charge >= 0.3 is 0 Å². The first kappa shape index (κ1) is 16.6. The number of piperazine rings is 1. The molecular weight excluding hydrogens is 304 g/mol. The Morgan fingerprint density at radius 1 is 1.17 bits per heavy atom. The van der Waals surface area contributed by atoms with Gasteiger partial charge in [0, 0.05) is 43.3 Å². The Labute approximate surface area is 142 Å². The van der Waals surface area contributed by atoms with Crippen LogP contribution in [0, 0.1) is 13.8 Å². The van der Waals surface area contributed by atoms with E-state index >= 15 is 0 Å². The van der Waals surface area contributed by atoms with Crippen LogP contribution >= 0.6 is 0 Å². The Kier molecular flexibility index (Phi) is 4.62. The number of hydrogen-bond donors (Lipinski definition) is 1. The number of aromatic nitrogens is 4. The Balaban J connectivity index is 1.76. The molecule has 24 heavy (non-hydrogen) atoms. The maximum Gasteiger partial charge on any atom is 0.226 e. The van der Waals surface area contributed by atoms with Crippen LogP contribution in [0.4, 0.5) is 11.8 Å². The van der Waals surface area contributed by atoms with Crippen molar-refractivity contribution in [1.82, 2.24) is 19.9 Å². The quantitative estimate of drug-likeness (QED) is 0.918. The zero-order valence-electron chi connectivity index (χ0n) is 14.6. The highest BCUT2D eigenvalue weighted by Gasteiger charge is 2.27. The molecule has 0 radical (unpaired) electrons. The minimum Gasteiger partial charge on any atom is -0.385 e. The third kappa shape index (κ3) is 3.46. The predicted molar refractivity (Wildman–Crippen MR) is 93.2 cm³/mol. The van der Waals surface area contributed by atoms with Gasteiger partial charge in [0.15, 0.2) is 5.82 Å². The number of nitrogens with zero attached hydrogens (tertiary/aromatic N) is 6. The fourth-order valence-electron chi connectivity index (χ4n) is 3.04. The molecular formula is C17H24N6O. The summed E-state index contributed by atoms with van der Waals surface area (Å²) in [7, 11) is 0. The molecule has 0 amide bonds. The van der Waals surface area contributed by atoms with Gasteiger partial charge in [0.05, 0.1) is 0 Å². The lowest BCUT2D eigenvalue weighted by atomic mass is 10.2. The highest BCUT2D eigenvalue weighted by atomic mass is 16.3. The summed E-state index contributed by atoms with van der Waals surface area (Å²) in [6.45, 7) is 10.3. The predicted octanol–water partition coefficient (Wildman–Crippen LogP) is 1.65. The summed E-state index contributed by atoms with van der Waals surface area (Å²) >= 11 is 0. The van der Waals surface area contributed by atoms with E-state index in [9.17, 15) is 5.11 Å². The molecule has 2 atom stereocenters. The van der Waals surface area contributed by atoms with E-state index in [1.807, 2.05) is 26.0 Å². The third-order valence-corrected chi connectivity index (χ3v) is 4.21. The molecule has 0 unspecified atom stereocenters. The fraction of sp³-hybridized carbons (Fsp3) is 0.529. The van der Waals surface area contributed by atoms with Crippen LogP contribution in [0.3, 0.4) is 0 Å². The van der Waals surface area contributed by atoms with Crippen molar-refractivity contribution in [2.24, 2.45) is 0 Å². The van der Waals surface area contributed by atoms with E-state index in [2.05, 4.69) is 36.7 Å². The molecule has 1 N–H and O–H groups in total. The number of aryl methyl sites for hydroxylation is 2. The Bertz CT molecular complexity index is 700. The van der Waals surface area contributed by atoms with Crippen molar-refractivity contribution in [2.75, 3.05) is 29.4 Å². The molecule has 128 valence electrons. The molecule has 7 nitrogen and oxygen atoms in total. The van der Waals surface area contributed by atoms with Gasteiger partial charge in [-0.1, -0.05) is 0 Å². The van der Waals surface area contributed by atoms with Crippen LogP contribution in [0.5, 0.6) is 0 Å². The van der Waals surface area contributed by atoms with Gasteiger partial charge in [0.2, 0.25) is 5.95 Å². The van der Waals surface area contributed by atoms with Crippen LogP contribution < -0.4 is 9.80 Å². The minimum atomic E-state index is -0.660. The van der Waals surface area contributed by atoms with Crippen LogP contribution in [-0.2, 0) is 0 Å². The van der Waals surface area contributed by atoms with Crippen LogP contribution in [0.25, 0.3) is 0 Å². The summed E-state index contributed by atoms with van der Waals surface area (Å²) in [6.07, 6.45) is 1.04. The van der Waals surface area contributed by atoms with Gasteiger partial charge in [-0.15, -0.1) is 0 Å². The summed E-state index contributed by atoms with van der Waals surface area (Å²) in [6, 6.07) is 4.15. The molecule has 2 aromatic heterocycles. The van der Waals surface area contributed by atoms with Crippen molar-refractivity contribution in [3.8, 4) is 0 Å². The normalized spacial score (nSPS) is 19.5. The zero-order valence-corrected chi connectivity index (χ0v) is 14.6. The monoisotopic (exact) mass is 328 g/mol. The fourth-order valence-corrected chi connectivity index (χ4v) is 3.04. The molecule has 0 saturated carbocycles. The third-order valence-electron chi connectivity index (χ3n) is 4.21. The largest absolute Gasteiger partial charge is 0.385 e. The number of aliphatic hydroxyl groups excluding tert-OH is 1. The standard InChI is InChI=1S/C17H24N6O/c1-11-9-12(2)20-17(19-11)23-8-7-22(10-13(23)3)15-5-6-18-16(21-15)14(4)24/h5-6,9,13-14,24H,7-8,10H2,1-4H3/t13-,14+/m0/s1. The van der Waals surface area contributed by atoms with Crippen molar-refractivity contribution in [2.45, 2.75) is 39.8 Å².